The van der Waals surface area contributed by atoms with E-state index in [1.165, 1.54) is 32.9 Å². The summed E-state index contributed by atoms with van der Waals surface area (Å²) in [6, 6.07) is 34.5. The van der Waals surface area contributed by atoms with Gasteiger partial charge in [-0.1, -0.05) is 84.9 Å². The maximum Gasteiger partial charge on any atom is 0.245 e. The average Bonchev–Trinajstić information content (AvgIpc) is 3.07. The minimum Gasteiger partial charge on any atom is -0.226 e. The van der Waals surface area contributed by atoms with Gasteiger partial charge in [0, 0.05) is 5.56 Å². The predicted octanol–water partition coefficient (Wildman–Crippen LogP) is 5.18. The predicted molar refractivity (Wildman–Crippen MR) is 111 cm³/mol. The quantitative estimate of drug-likeness (QED) is 0.395. The van der Waals surface area contributed by atoms with Crippen molar-refractivity contribution in [2.24, 2.45) is 0 Å². The van der Waals surface area contributed by atoms with E-state index < -0.39 is 0 Å². The molecule has 0 N–H and O–H groups in total. The molecule has 5 rings (SSSR count). The van der Waals surface area contributed by atoms with E-state index in [0.717, 1.165) is 13.1 Å². The Balaban J connectivity index is 1.59. The fourth-order valence-electron chi connectivity index (χ4n) is 3.89. The second-order valence-corrected chi connectivity index (χ2v) is 6.98. The molecule has 1 heterocycles. The lowest BCUT2D eigenvalue weighted by Gasteiger charge is -2.04. The summed E-state index contributed by atoms with van der Waals surface area (Å²) in [5, 5.41) is 2.62. The Hall–Kier alpha value is -3.39. The molecule has 5 aromatic rings. The highest BCUT2D eigenvalue weighted by atomic mass is 15.1. The van der Waals surface area contributed by atoms with Gasteiger partial charge in [-0.3, -0.25) is 0 Å². The third-order valence-electron chi connectivity index (χ3n) is 5.20. The number of nitrogens with zero attached hydrogens (tertiary/aromatic N) is 2. The van der Waals surface area contributed by atoms with Crippen LogP contribution in [0.5, 0.6) is 0 Å². The van der Waals surface area contributed by atoms with Gasteiger partial charge in [0.25, 0.3) is 0 Å². The maximum absolute atomic E-state index is 2.36. The van der Waals surface area contributed by atoms with Gasteiger partial charge >= 0.3 is 0 Å². The molecule has 27 heavy (non-hydrogen) atoms. The number of benzene rings is 4. The van der Waals surface area contributed by atoms with Crippen molar-refractivity contribution in [2.45, 2.75) is 13.1 Å². The monoisotopic (exact) mass is 349 g/mol. The SMILES string of the molecule is c1ccc(C[n+]2cn(Cc3cccc4ccccc34)c3ccccc32)cc1. The van der Waals surface area contributed by atoms with Crippen molar-refractivity contribution in [3.63, 3.8) is 0 Å². The Labute approximate surface area is 158 Å². The summed E-state index contributed by atoms with van der Waals surface area (Å²) in [5.74, 6) is 0. The number of para-hydroxylation sites is 2. The molecule has 0 saturated carbocycles. The zero-order valence-electron chi connectivity index (χ0n) is 15.1. The highest BCUT2D eigenvalue weighted by Gasteiger charge is 2.16. The molecule has 130 valence electrons. The van der Waals surface area contributed by atoms with Crippen LogP contribution < -0.4 is 4.57 Å². The van der Waals surface area contributed by atoms with Gasteiger partial charge in [0.1, 0.15) is 13.1 Å². The van der Waals surface area contributed by atoms with Gasteiger partial charge in [0.2, 0.25) is 6.33 Å². The van der Waals surface area contributed by atoms with Crippen molar-refractivity contribution < 1.29 is 4.57 Å². The van der Waals surface area contributed by atoms with E-state index in [-0.39, 0.29) is 0 Å². The molecule has 0 spiro atoms. The third kappa shape index (κ3) is 3.00. The summed E-state index contributed by atoms with van der Waals surface area (Å²) in [5.41, 5.74) is 5.19. The number of aromatic nitrogens is 2. The van der Waals surface area contributed by atoms with Gasteiger partial charge in [0.15, 0.2) is 11.0 Å². The summed E-state index contributed by atoms with van der Waals surface area (Å²) in [6.07, 6.45) is 2.25. The van der Waals surface area contributed by atoms with Crippen LogP contribution in [-0.4, -0.2) is 4.57 Å². The van der Waals surface area contributed by atoms with Crippen LogP contribution in [0.15, 0.2) is 103 Å². The van der Waals surface area contributed by atoms with Gasteiger partial charge in [-0.25, -0.2) is 9.13 Å². The number of fused-ring (bicyclic) bond motifs is 2. The van der Waals surface area contributed by atoms with Gasteiger partial charge in [-0.2, -0.15) is 0 Å². The summed E-state index contributed by atoms with van der Waals surface area (Å²) >= 11 is 0. The molecule has 0 fully saturated rings. The maximum atomic E-state index is 2.36. The zero-order valence-corrected chi connectivity index (χ0v) is 15.1. The number of rotatable bonds is 4. The second-order valence-electron chi connectivity index (χ2n) is 6.98. The fourth-order valence-corrected chi connectivity index (χ4v) is 3.89. The van der Waals surface area contributed by atoms with E-state index in [4.69, 9.17) is 0 Å². The zero-order chi connectivity index (χ0) is 18.1. The molecule has 1 aromatic heterocycles. The van der Waals surface area contributed by atoms with Gasteiger partial charge in [0.05, 0.1) is 0 Å². The van der Waals surface area contributed by atoms with Gasteiger partial charge in [-0.05, 0) is 28.5 Å². The van der Waals surface area contributed by atoms with Crippen molar-refractivity contribution in [1.29, 1.82) is 0 Å². The lowest BCUT2D eigenvalue weighted by Crippen LogP contribution is -2.32. The van der Waals surface area contributed by atoms with Gasteiger partial charge < -0.3 is 0 Å². The molecular weight excluding hydrogens is 328 g/mol. The van der Waals surface area contributed by atoms with Crippen LogP contribution in [0.3, 0.4) is 0 Å². The molecule has 0 atom stereocenters. The molecule has 0 unspecified atom stereocenters. The van der Waals surface area contributed by atoms with Crippen LogP contribution in [0.2, 0.25) is 0 Å². The van der Waals surface area contributed by atoms with Crippen LogP contribution in [0.4, 0.5) is 0 Å². The highest BCUT2D eigenvalue weighted by molar-refractivity contribution is 5.85. The molecular formula is C25H21N2+. The normalized spacial score (nSPS) is 11.3. The van der Waals surface area contributed by atoms with Crippen molar-refractivity contribution in [3.8, 4) is 0 Å². The minimum absolute atomic E-state index is 0.865. The van der Waals surface area contributed by atoms with Crippen LogP contribution in [0.1, 0.15) is 11.1 Å². The number of hydrogen-bond acceptors (Lipinski definition) is 0. The van der Waals surface area contributed by atoms with Crippen molar-refractivity contribution in [3.05, 3.63) is 115 Å². The Morgan fingerprint density at radius 2 is 1.41 bits per heavy atom. The van der Waals surface area contributed by atoms with E-state index in [0.29, 0.717) is 0 Å². The molecule has 4 aromatic carbocycles. The van der Waals surface area contributed by atoms with E-state index >= 15 is 0 Å². The first-order valence-corrected chi connectivity index (χ1v) is 9.36. The molecule has 0 saturated heterocycles. The van der Waals surface area contributed by atoms with Crippen molar-refractivity contribution >= 4 is 21.8 Å². The Morgan fingerprint density at radius 1 is 0.667 bits per heavy atom. The molecule has 0 radical (unpaired) electrons. The van der Waals surface area contributed by atoms with Crippen LogP contribution >= 0.6 is 0 Å². The van der Waals surface area contributed by atoms with E-state index in [2.05, 4.69) is 113 Å². The van der Waals surface area contributed by atoms with E-state index in [1.54, 1.807) is 0 Å². The van der Waals surface area contributed by atoms with Crippen LogP contribution in [0.25, 0.3) is 21.8 Å². The summed E-state index contributed by atoms with van der Waals surface area (Å²) < 4.78 is 4.70. The van der Waals surface area contributed by atoms with Crippen molar-refractivity contribution in [2.75, 3.05) is 0 Å². The first-order chi connectivity index (χ1) is 13.4. The first kappa shape index (κ1) is 15.8. The standard InChI is InChI=1S/C25H21N2/c1-2-9-20(10-3-1)17-26-19-27(25-16-7-6-15-24(25)26)18-22-13-8-12-21-11-4-5-14-23(21)22/h1-16,19H,17-18H2/q+1. The molecule has 0 bridgehead atoms. The second kappa shape index (κ2) is 6.73. The Bertz CT molecular complexity index is 1210. The van der Waals surface area contributed by atoms with Crippen molar-refractivity contribution in [1.82, 2.24) is 4.57 Å². The topological polar surface area (TPSA) is 8.81 Å². The molecule has 0 aliphatic carbocycles. The fraction of sp³-hybridized carbons (Fsp3) is 0.0800. The Morgan fingerprint density at radius 3 is 2.33 bits per heavy atom. The van der Waals surface area contributed by atoms with E-state index in [9.17, 15) is 0 Å². The lowest BCUT2D eigenvalue weighted by molar-refractivity contribution is -0.663. The largest absolute Gasteiger partial charge is 0.245 e. The first-order valence-electron chi connectivity index (χ1n) is 9.36. The molecule has 2 nitrogen and oxygen atoms in total. The van der Waals surface area contributed by atoms with Crippen LogP contribution in [0, 0.1) is 0 Å². The number of hydrogen-bond donors (Lipinski definition) is 0. The summed E-state index contributed by atoms with van der Waals surface area (Å²) in [7, 11) is 0. The molecule has 0 aliphatic rings. The molecule has 2 heteroatoms. The highest BCUT2D eigenvalue weighted by Crippen LogP contribution is 2.21. The summed E-state index contributed by atoms with van der Waals surface area (Å²) in [6.45, 7) is 1.74. The van der Waals surface area contributed by atoms with E-state index in [1.807, 2.05) is 0 Å². The molecule has 0 amide bonds. The van der Waals surface area contributed by atoms with Gasteiger partial charge in [-0.15, -0.1) is 0 Å². The lowest BCUT2D eigenvalue weighted by atomic mass is 10.0. The van der Waals surface area contributed by atoms with Crippen LogP contribution in [-0.2, 0) is 13.1 Å². The molecule has 0 aliphatic heterocycles. The Kier molecular flexibility index (Phi) is 3.95. The third-order valence-corrected chi connectivity index (χ3v) is 5.20. The smallest absolute Gasteiger partial charge is 0.226 e. The summed E-state index contributed by atoms with van der Waals surface area (Å²) in [4.78, 5) is 0. The minimum atomic E-state index is 0.865. The number of imidazole rings is 1. The average molecular weight is 349 g/mol.